The number of ketones is 1. The van der Waals surface area contributed by atoms with Crippen LogP contribution in [0, 0.1) is 0 Å². The molecule has 2 aromatic rings. The first kappa shape index (κ1) is 21.4. The zero-order chi connectivity index (χ0) is 21.7. The van der Waals surface area contributed by atoms with E-state index in [0.717, 1.165) is 19.3 Å². The zero-order valence-corrected chi connectivity index (χ0v) is 17.3. The Labute approximate surface area is 176 Å². The van der Waals surface area contributed by atoms with Gasteiger partial charge in [-0.3, -0.25) is 9.59 Å². The van der Waals surface area contributed by atoms with Crippen molar-refractivity contribution in [1.82, 2.24) is 4.90 Å². The van der Waals surface area contributed by atoms with Crippen LogP contribution in [-0.4, -0.2) is 40.0 Å². The molecule has 0 bridgehead atoms. The lowest BCUT2D eigenvalue weighted by atomic mass is 9.95. The van der Waals surface area contributed by atoms with E-state index < -0.39 is 17.7 Å². The summed E-state index contributed by atoms with van der Waals surface area (Å²) in [5, 5.41) is 21.0. The van der Waals surface area contributed by atoms with E-state index in [1.165, 1.54) is 17.0 Å². The zero-order valence-electron chi connectivity index (χ0n) is 17.3. The van der Waals surface area contributed by atoms with E-state index in [1.54, 1.807) is 36.4 Å². The standard InChI is InChI=1S/C24H27NO5/c1-3-5-12-25-21(16-8-6-10-18(26)14-16)20(23(28)24(25)29)22(27)17-9-7-11-19(15-17)30-13-4-2/h6-11,14-15,21,26-27H,3-5,12-13H2,1-2H3/b22-20-. The fraction of sp³-hybridized carbons (Fsp3) is 0.333. The van der Waals surface area contributed by atoms with Crippen LogP contribution in [0.1, 0.15) is 50.3 Å². The van der Waals surface area contributed by atoms with Crippen molar-refractivity contribution >= 4 is 17.4 Å². The summed E-state index contributed by atoms with van der Waals surface area (Å²) in [6.07, 6.45) is 2.42. The predicted molar refractivity (Wildman–Crippen MR) is 114 cm³/mol. The summed E-state index contributed by atoms with van der Waals surface area (Å²) in [6, 6.07) is 12.5. The highest BCUT2D eigenvalue weighted by atomic mass is 16.5. The molecule has 1 fully saturated rings. The second-order valence-electron chi connectivity index (χ2n) is 7.32. The third-order valence-corrected chi connectivity index (χ3v) is 5.06. The number of unbranched alkanes of at least 4 members (excludes halogenated alkanes) is 1. The number of aromatic hydroxyl groups is 1. The molecular weight excluding hydrogens is 382 g/mol. The number of likely N-dealkylation sites (tertiary alicyclic amines) is 1. The third-order valence-electron chi connectivity index (χ3n) is 5.06. The van der Waals surface area contributed by atoms with Crippen molar-refractivity contribution in [3.63, 3.8) is 0 Å². The van der Waals surface area contributed by atoms with Crippen molar-refractivity contribution in [2.75, 3.05) is 13.2 Å². The van der Waals surface area contributed by atoms with Gasteiger partial charge in [0.15, 0.2) is 0 Å². The van der Waals surface area contributed by atoms with Gasteiger partial charge in [-0.2, -0.15) is 0 Å². The molecule has 1 unspecified atom stereocenters. The smallest absolute Gasteiger partial charge is 0.295 e. The van der Waals surface area contributed by atoms with E-state index in [0.29, 0.717) is 30.0 Å². The monoisotopic (exact) mass is 409 g/mol. The minimum atomic E-state index is -0.760. The van der Waals surface area contributed by atoms with E-state index in [9.17, 15) is 19.8 Å². The van der Waals surface area contributed by atoms with Crippen LogP contribution in [0.15, 0.2) is 54.1 Å². The van der Waals surface area contributed by atoms with Gasteiger partial charge in [0.1, 0.15) is 17.3 Å². The molecule has 2 N–H and O–H groups in total. The van der Waals surface area contributed by atoms with Crippen LogP contribution in [0.25, 0.3) is 5.76 Å². The maximum atomic E-state index is 12.9. The molecule has 30 heavy (non-hydrogen) atoms. The normalized spacial score (nSPS) is 18.1. The first-order valence-corrected chi connectivity index (χ1v) is 10.3. The minimum Gasteiger partial charge on any atom is -0.508 e. The molecule has 0 aliphatic carbocycles. The first-order chi connectivity index (χ1) is 14.5. The third kappa shape index (κ3) is 4.32. The van der Waals surface area contributed by atoms with E-state index in [1.807, 2.05) is 13.8 Å². The molecule has 6 heteroatoms. The highest BCUT2D eigenvalue weighted by Gasteiger charge is 2.45. The summed E-state index contributed by atoms with van der Waals surface area (Å²) in [7, 11) is 0. The molecule has 2 aromatic carbocycles. The van der Waals surface area contributed by atoms with E-state index in [-0.39, 0.29) is 17.1 Å². The number of phenols is 1. The average Bonchev–Trinajstić information content (AvgIpc) is 3.00. The van der Waals surface area contributed by atoms with Crippen LogP contribution in [0.2, 0.25) is 0 Å². The van der Waals surface area contributed by atoms with Crippen molar-refractivity contribution < 1.29 is 24.5 Å². The van der Waals surface area contributed by atoms with Gasteiger partial charge in [0.2, 0.25) is 0 Å². The van der Waals surface area contributed by atoms with Crippen LogP contribution in [0.5, 0.6) is 11.5 Å². The lowest BCUT2D eigenvalue weighted by Crippen LogP contribution is -2.30. The number of rotatable bonds is 8. The summed E-state index contributed by atoms with van der Waals surface area (Å²) < 4.78 is 5.63. The summed E-state index contributed by atoms with van der Waals surface area (Å²) >= 11 is 0. The molecule has 0 saturated carbocycles. The van der Waals surface area contributed by atoms with Gasteiger partial charge in [-0.05, 0) is 42.7 Å². The number of hydrogen-bond acceptors (Lipinski definition) is 5. The number of nitrogens with zero attached hydrogens (tertiary/aromatic N) is 1. The molecule has 1 amide bonds. The SMILES string of the molecule is CCCCN1C(=O)C(=O)/C(=C(\O)c2cccc(OCCC)c2)C1c1cccc(O)c1. The van der Waals surface area contributed by atoms with Gasteiger partial charge < -0.3 is 19.8 Å². The number of phenolic OH excluding ortho intramolecular Hbond substituents is 1. The number of carbonyl (C=O) groups is 2. The van der Waals surface area contributed by atoms with Gasteiger partial charge in [-0.1, -0.05) is 44.5 Å². The number of hydrogen-bond donors (Lipinski definition) is 2. The van der Waals surface area contributed by atoms with Gasteiger partial charge in [0.05, 0.1) is 18.2 Å². The molecule has 1 saturated heterocycles. The maximum Gasteiger partial charge on any atom is 0.295 e. The van der Waals surface area contributed by atoms with E-state index >= 15 is 0 Å². The second-order valence-corrected chi connectivity index (χ2v) is 7.32. The molecule has 158 valence electrons. The molecule has 1 heterocycles. The Morgan fingerprint density at radius 1 is 1.07 bits per heavy atom. The second kappa shape index (κ2) is 9.48. The van der Waals surface area contributed by atoms with Crippen LogP contribution in [0.3, 0.4) is 0 Å². The molecule has 1 aliphatic heterocycles. The predicted octanol–water partition coefficient (Wildman–Crippen LogP) is 4.40. The number of ether oxygens (including phenoxy) is 1. The lowest BCUT2D eigenvalue weighted by Gasteiger charge is -2.25. The summed E-state index contributed by atoms with van der Waals surface area (Å²) in [5.41, 5.74) is 1.00. The van der Waals surface area contributed by atoms with Crippen LogP contribution < -0.4 is 4.74 Å². The highest BCUT2D eigenvalue weighted by Crippen LogP contribution is 2.40. The molecule has 0 spiro atoms. The Bertz CT molecular complexity index is 966. The van der Waals surface area contributed by atoms with Gasteiger partial charge >= 0.3 is 0 Å². The Balaban J connectivity index is 2.11. The molecule has 1 aliphatic rings. The molecular formula is C24H27NO5. The number of aliphatic hydroxyl groups is 1. The Kier molecular flexibility index (Phi) is 6.77. The van der Waals surface area contributed by atoms with Crippen LogP contribution in [0.4, 0.5) is 0 Å². The van der Waals surface area contributed by atoms with Crippen molar-refractivity contribution in [2.24, 2.45) is 0 Å². The number of benzene rings is 2. The largest absolute Gasteiger partial charge is 0.508 e. The molecule has 6 nitrogen and oxygen atoms in total. The van der Waals surface area contributed by atoms with Crippen LogP contribution >= 0.6 is 0 Å². The van der Waals surface area contributed by atoms with Gasteiger partial charge in [0.25, 0.3) is 11.7 Å². The Morgan fingerprint density at radius 3 is 2.53 bits per heavy atom. The first-order valence-electron chi connectivity index (χ1n) is 10.3. The van der Waals surface area contributed by atoms with Crippen molar-refractivity contribution in [1.29, 1.82) is 0 Å². The molecule has 3 rings (SSSR count). The average molecular weight is 409 g/mol. The summed E-state index contributed by atoms with van der Waals surface area (Å²) in [5.74, 6) is -1.00. The number of Topliss-reactive ketones (excluding diaryl/α,β-unsaturated/α-hetero) is 1. The molecule has 1 atom stereocenters. The maximum absolute atomic E-state index is 12.9. The number of amides is 1. The van der Waals surface area contributed by atoms with Crippen LogP contribution in [-0.2, 0) is 9.59 Å². The van der Waals surface area contributed by atoms with E-state index in [4.69, 9.17) is 4.74 Å². The fourth-order valence-corrected chi connectivity index (χ4v) is 3.59. The summed E-state index contributed by atoms with van der Waals surface area (Å²) in [6.45, 7) is 4.92. The topological polar surface area (TPSA) is 87.1 Å². The van der Waals surface area contributed by atoms with Gasteiger partial charge in [-0.15, -0.1) is 0 Å². The Hall–Kier alpha value is -3.28. The quantitative estimate of drug-likeness (QED) is 0.383. The van der Waals surface area contributed by atoms with Crippen molar-refractivity contribution in [2.45, 2.75) is 39.2 Å². The fourth-order valence-electron chi connectivity index (χ4n) is 3.59. The molecule has 0 radical (unpaired) electrons. The van der Waals surface area contributed by atoms with E-state index in [2.05, 4.69) is 0 Å². The van der Waals surface area contributed by atoms with Crippen molar-refractivity contribution in [3.05, 3.63) is 65.2 Å². The van der Waals surface area contributed by atoms with Crippen molar-refractivity contribution in [3.8, 4) is 11.5 Å². The number of carbonyl (C=O) groups excluding carboxylic acids is 2. The van der Waals surface area contributed by atoms with Gasteiger partial charge in [-0.25, -0.2) is 0 Å². The number of aliphatic hydroxyl groups excluding tert-OH is 1. The Morgan fingerprint density at radius 2 is 1.83 bits per heavy atom. The highest BCUT2D eigenvalue weighted by molar-refractivity contribution is 6.46. The molecule has 0 aromatic heterocycles. The minimum absolute atomic E-state index is 0.0225. The lowest BCUT2D eigenvalue weighted by molar-refractivity contribution is -0.139. The summed E-state index contributed by atoms with van der Waals surface area (Å²) in [4.78, 5) is 27.2. The van der Waals surface area contributed by atoms with Gasteiger partial charge in [0, 0.05) is 12.1 Å².